The Balaban J connectivity index is 2.55. The zero-order valence-electron chi connectivity index (χ0n) is 9.55. The van der Waals surface area contributed by atoms with E-state index in [1.54, 1.807) is 0 Å². The number of halogens is 1. The van der Waals surface area contributed by atoms with E-state index in [4.69, 9.17) is 5.73 Å². The molecule has 6 heteroatoms. The van der Waals surface area contributed by atoms with E-state index >= 15 is 0 Å². The molecule has 0 atom stereocenters. The summed E-state index contributed by atoms with van der Waals surface area (Å²) in [6.07, 6.45) is 1.49. The number of amides is 1. The van der Waals surface area contributed by atoms with Crippen LogP contribution in [0.15, 0.2) is 30.5 Å². The van der Waals surface area contributed by atoms with Gasteiger partial charge in [-0.3, -0.25) is 9.59 Å². The van der Waals surface area contributed by atoms with E-state index in [0.717, 1.165) is 6.07 Å². The fraction of sp³-hybridized carbons (Fsp3) is 0.0833. The molecule has 1 amide bonds. The molecule has 0 unspecified atom stereocenters. The molecule has 5 nitrogen and oxygen atoms in total. The molecule has 2 N–H and O–H groups in total. The minimum absolute atomic E-state index is 0.0776. The van der Waals surface area contributed by atoms with E-state index in [1.807, 2.05) is 0 Å². The number of aromatic nitrogens is 2. The van der Waals surface area contributed by atoms with Gasteiger partial charge in [-0.05, 0) is 31.2 Å². The van der Waals surface area contributed by atoms with Crippen LogP contribution in [-0.2, 0) is 0 Å². The van der Waals surface area contributed by atoms with Gasteiger partial charge < -0.3 is 5.73 Å². The van der Waals surface area contributed by atoms with E-state index < -0.39 is 11.7 Å². The Morgan fingerprint density at radius 1 is 1.33 bits per heavy atom. The average Bonchev–Trinajstić information content (AvgIpc) is 2.78. The molecule has 1 heterocycles. The molecule has 2 rings (SSSR count). The predicted molar refractivity (Wildman–Crippen MR) is 62.0 cm³/mol. The van der Waals surface area contributed by atoms with Crippen molar-refractivity contribution in [2.24, 2.45) is 5.73 Å². The van der Waals surface area contributed by atoms with Gasteiger partial charge in [-0.25, -0.2) is 9.07 Å². The largest absolute Gasteiger partial charge is 0.364 e. The number of benzene rings is 1. The summed E-state index contributed by atoms with van der Waals surface area (Å²) < 4.78 is 14.4. The lowest BCUT2D eigenvalue weighted by Crippen LogP contribution is -2.13. The summed E-state index contributed by atoms with van der Waals surface area (Å²) in [5, 5.41) is 3.92. The Bertz CT molecular complexity index is 634. The summed E-state index contributed by atoms with van der Waals surface area (Å²) in [7, 11) is 0. The predicted octanol–water partition coefficient (Wildman–Crippen LogP) is 1.31. The number of hydrogen-bond donors (Lipinski definition) is 1. The molecule has 0 fully saturated rings. The van der Waals surface area contributed by atoms with Crippen molar-refractivity contribution in [1.29, 1.82) is 0 Å². The lowest BCUT2D eigenvalue weighted by atomic mass is 10.1. The van der Waals surface area contributed by atoms with Gasteiger partial charge in [0.15, 0.2) is 5.78 Å². The standard InChI is InChI=1S/C12H10FN3O2/c1-7(17)9-6-8(13)2-3-11(9)16-5-4-10(15-16)12(14)18/h2-6H,1H3,(H2,14,18). The number of ketones is 1. The fourth-order valence-corrected chi connectivity index (χ4v) is 1.58. The van der Waals surface area contributed by atoms with Crippen molar-refractivity contribution in [2.75, 3.05) is 0 Å². The van der Waals surface area contributed by atoms with Crippen molar-refractivity contribution in [3.8, 4) is 5.69 Å². The maximum absolute atomic E-state index is 13.1. The average molecular weight is 247 g/mol. The van der Waals surface area contributed by atoms with Crippen molar-refractivity contribution >= 4 is 11.7 Å². The highest BCUT2D eigenvalue weighted by Crippen LogP contribution is 2.16. The highest BCUT2D eigenvalue weighted by atomic mass is 19.1. The maximum Gasteiger partial charge on any atom is 0.269 e. The molecule has 0 aliphatic heterocycles. The molecule has 0 aliphatic rings. The summed E-state index contributed by atoms with van der Waals surface area (Å²) in [6, 6.07) is 5.19. The number of nitrogens with zero attached hydrogens (tertiary/aromatic N) is 2. The first-order valence-corrected chi connectivity index (χ1v) is 5.15. The Labute approximate surface area is 102 Å². The van der Waals surface area contributed by atoms with Crippen LogP contribution in [0.25, 0.3) is 5.69 Å². The van der Waals surface area contributed by atoms with Gasteiger partial charge in [0.1, 0.15) is 11.5 Å². The first-order chi connectivity index (χ1) is 8.49. The van der Waals surface area contributed by atoms with E-state index in [9.17, 15) is 14.0 Å². The van der Waals surface area contributed by atoms with Gasteiger partial charge in [0.05, 0.1) is 5.69 Å². The number of Topliss-reactive ketones (excluding diaryl/α,β-unsaturated/α-hetero) is 1. The second-order valence-corrected chi connectivity index (χ2v) is 3.73. The number of carbonyl (C=O) groups excluding carboxylic acids is 2. The molecule has 2 aromatic rings. The highest BCUT2D eigenvalue weighted by Gasteiger charge is 2.12. The number of rotatable bonds is 3. The Morgan fingerprint density at radius 2 is 2.06 bits per heavy atom. The molecular formula is C12H10FN3O2. The van der Waals surface area contributed by atoms with Crippen LogP contribution in [-0.4, -0.2) is 21.5 Å². The summed E-state index contributed by atoms with van der Waals surface area (Å²) >= 11 is 0. The molecule has 0 radical (unpaired) electrons. The van der Waals surface area contributed by atoms with Crippen molar-refractivity contribution in [3.05, 3.63) is 47.5 Å². The first-order valence-electron chi connectivity index (χ1n) is 5.15. The van der Waals surface area contributed by atoms with Crippen LogP contribution < -0.4 is 5.73 Å². The molecule has 0 saturated carbocycles. The quantitative estimate of drug-likeness (QED) is 0.830. The van der Waals surface area contributed by atoms with Crippen molar-refractivity contribution < 1.29 is 14.0 Å². The molecule has 1 aromatic carbocycles. The minimum Gasteiger partial charge on any atom is -0.364 e. The SMILES string of the molecule is CC(=O)c1cc(F)ccc1-n1ccc(C(N)=O)n1. The van der Waals surface area contributed by atoms with Crippen molar-refractivity contribution in [1.82, 2.24) is 9.78 Å². The molecule has 0 aliphatic carbocycles. The smallest absolute Gasteiger partial charge is 0.269 e. The summed E-state index contributed by atoms with van der Waals surface area (Å²) in [4.78, 5) is 22.4. The Hall–Kier alpha value is -2.50. The Kier molecular flexibility index (Phi) is 2.93. The summed E-state index contributed by atoms with van der Waals surface area (Å²) in [5.41, 5.74) is 5.75. The first kappa shape index (κ1) is 12.0. The molecular weight excluding hydrogens is 237 g/mol. The third-order valence-corrected chi connectivity index (χ3v) is 2.43. The molecule has 1 aromatic heterocycles. The molecule has 0 saturated heterocycles. The third kappa shape index (κ3) is 2.13. The van der Waals surface area contributed by atoms with Crippen LogP contribution in [0.4, 0.5) is 4.39 Å². The van der Waals surface area contributed by atoms with E-state index in [0.29, 0.717) is 5.69 Å². The molecule has 0 bridgehead atoms. The monoisotopic (exact) mass is 247 g/mol. The number of hydrogen-bond acceptors (Lipinski definition) is 3. The van der Waals surface area contributed by atoms with Crippen LogP contribution in [0.2, 0.25) is 0 Å². The fourth-order valence-electron chi connectivity index (χ4n) is 1.58. The van der Waals surface area contributed by atoms with Crippen LogP contribution in [0, 0.1) is 5.82 Å². The van der Waals surface area contributed by atoms with Gasteiger partial charge in [-0.2, -0.15) is 5.10 Å². The van der Waals surface area contributed by atoms with Gasteiger partial charge in [0.25, 0.3) is 5.91 Å². The van der Waals surface area contributed by atoms with Gasteiger partial charge in [-0.15, -0.1) is 0 Å². The van der Waals surface area contributed by atoms with E-state index in [1.165, 1.54) is 36.0 Å². The summed E-state index contributed by atoms with van der Waals surface area (Å²) in [6.45, 7) is 1.33. The van der Waals surface area contributed by atoms with Crippen molar-refractivity contribution in [3.63, 3.8) is 0 Å². The van der Waals surface area contributed by atoms with Crippen LogP contribution in [0.1, 0.15) is 27.8 Å². The Morgan fingerprint density at radius 3 is 2.61 bits per heavy atom. The van der Waals surface area contributed by atoms with Gasteiger partial charge in [0.2, 0.25) is 0 Å². The molecule has 92 valence electrons. The van der Waals surface area contributed by atoms with Crippen LogP contribution in [0.5, 0.6) is 0 Å². The molecule has 18 heavy (non-hydrogen) atoms. The van der Waals surface area contributed by atoms with Gasteiger partial charge in [0, 0.05) is 11.8 Å². The lowest BCUT2D eigenvalue weighted by molar-refractivity contribution is 0.0993. The lowest BCUT2D eigenvalue weighted by Gasteiger charge is -2.06. The van der Waals surface area contributed by atoms with Crippen molar-refractivity contribution in [2.45, 2.75) is 6.92 Å². The zero-order valence-corrected chi connectivity index (χ0v) is 9.55. The second-order valence-electron chi connectivity index (χ2n) is 3.73. The van der Waals surface area contributed by atoms with E-state index in [-0.39, 0.29) is 17.0 Å². The van der Waals surface area contributed by atoms with Crippen LogP contribution in [0.3, 0.4) is 0 Å². The number of carbonyl (C=O) groups is 2. The second kappa shape index (κ2) is 4.40. The normalized spacial score (nSPS) is 10.3. The molecule has 0 spiro atoms. The zero-order chi connectivity index (χ0) is 13.3. The third-order valence-electron chi connectivity index (χ3n) is 2.43. The number of nitrogens with two attached hydrogens (primary N) is 1. The van der Waals surface area contributed by atoms with Gasteiger partial charge >= 0.3 is 0 Å². The van der Waals surface area contributed by atoms with Gasteiger partial charge in [-0.1, -0.05) is 0 Å². The topological polar surface area (TPSA) is 78.0 Å². The maximum atomic E-state index is 13.1. The number of primary amides is 1. The van der Waals surface area contributed by atoms with Crippen LogP contribution >= 0.6 is 0 Å². The summed E-state index contributed by atoms with van der Waals surface area (Å²) in [5.74, 6) is -1.47. The highest BCUT2D eigenvalue weighted by molar-refractivity contribution is 5.97. The van der Waals surface area contributed by atoms with E-state index in [2.05, 4.69) is 5.10 Å². The minimum atomic E-state index is -0.666.